The maximum atomic E-state index is 12.6. The lowest BCUT2D eigenvalue weighted by atomic mass is 10.1. The molecule has 0 saturated heterocycles. The monoisotopic (exact) mass is 812 g/mol. The summed E-state index contributed by atoms with van der Waals surface area (Å²) in [6.45, 7) is 2.71. The fraction of sp³-hybridized carbons (Fsp3) is 0.750. The van der Waals surface area contributed by atoms with Crippen molar-refractivity contribution in [2.45, 2.75) is 193 Å². The molecule has 0 radical (unpaired) electrons. The second kappa shape index (κ2) is 39.3. The van der Waals surface area contributed by atoms with Crippen LogP contribution in [-0.2, 0) is 37.5 Å². The van der Waals surface area contributed by atoms with Crippen molar-refractivity contribution in [3.63, 3.8) is 0 Å². The molecule has 4 N–H and O–H groups in total. The topological polar surface area (TPSA) is 172 Å². The van der Waals surface area contributed by atoms with Gasteiger partial charge in [0.1, 0.15) is 12.6 Å². The molecule has 324 valence electrons. The van der Waals surface area contributed by atoms with Crippen molar-refractivity contribution in [3.8, 4) is 0 Å². The molecule has 12 heteroatoms. The van der Waals surface area contributed by atoms with Crippen LogP contribution in [-0.4, -0.2) is 59.9 Å². The van der Waals surface area contributed by atoms with Crippen LogP contribution >= 0.6 is 7.82 Å². The molecular formula is C44H78NO10P. The van der Waals surface area contributed by atoms with Crippen LogP contribution in [0.5, 0.6) is 0 Å². The van der Waals surface area contributed by atoms with Gasteiger partial charge in [0.05, 0.1) is 13.2 Å². The SMILES string of the molecule is CCCCC/C=C/C/C=C/CCCCCCCC(=O)O[C@H](COC(=O)CCC/C=C/C/C=C/CCCCCCCCCCC)COP(=O)(O)OC[C@H](N)C(=O)O. The van der Waals surface area contributed by atoms with Crippen molar-refractivity contribution in [3.05, 3.63) is 48.6 Å². The number of carbonyl (C=O) groups excluding carboxylic acids is 2. The lowest BCUT2D eigenvalue weighted by Crippen LogP contribution is -2.34. The highest BCUT2D eigenvalue weighted by Gasteiger charge is 2.28. The molecule has 0 aromatic rings. The summed E-state index contributed by atoms with van der Waals surface area (Å²) in [4.78, 5) is 45.9. The Hall–Kier alpha value is -2.56. The smallest absolute Gasteiger partial charge is 0.472 e. The highest BCUT2D eigenvalue weighted by molar-refractivity contribution is 7.47. The Morgan fingerprint density at radius 2 is 0.964 bits per heavy atom. The highest BCUT2D eigenvalue weighted by atomic mass is 31.2. The molecular weight excluding hydrogens is 733 g/mol. The van der Waals surface area contributed by atoms with Crippen LogP contribution in [0.1, 0.15) is 181 Å². The Kier molecular flexibility index (Phi) is 37.5. The summed E-state index contributed by atoms with van der Waals surface area (Å²) in [5.41, 5.74) is 5.33. The van der Waals surface area contributed by atoms with Gasteiger partial charge >= 0.3 is 25.7 Å². The van der Waals surface area contributed by atoms with Crippen LogP contribution in [0.15, 0.2) is 48.6 Å². The van der Waals surface area contributed by atoms with E-state index in [1.54, 1.807) is 0 Å². The predicted octanol–water partition coefficient (Wildman–Crippen LogP) is 11.4. The highest BCUT2D eigenvalue weighted by Crippen LogP contribution is 2.43. The molecule has 56 heavy (non-hydrogen) atoms. The number of carbonyl (C=O) groups is 3. The molecule has 0 fully saturated rings. The third-order valence-electron chi connectivity index (χ3n) is 9.05. The van der Waals surface area contributed by atoms with E-state index in [1.807, 2.05) is 6.08 Å². The Labute approximate surface area is 339 Å². The van der Waals surface area contributed by atoms with E-state index < -0.39 is 51.1 Å². The van der Waals surface area contributed by atoms with Crippen LogP contribution in [0.25, 0.3) is 0 Å². The van der Waals surface area contributed by atoms with E-state index in [4.69, 9.17) is 24.8 Å². The maximum Gasteiger partial charge on any atom is 0.472 e. The summed E-state index contributed by atoms with van der Waals surface area (Å²) >= 11 is 0. The summed E-state index contributed by atoms with van der Waals surface area (Å²) in [5.74, 6) is -2.46. The first-order chi connectivity index (χ1) is 27.1. The molecule has 0 bridgehead atoms. The quantitative estimate of drug-likeness (QED) is 0.0233. The van der Waals surface area contributed by atoms with Crippen molar-refractivity contribution >= 4 is 25.7 Å². The summed E-state index contributed by atoms with van der Waals surface area (Å²) in [7, 11) is -4.73. The molecule has 11 nitrogen and oxygen atoms in total. The van der Waals surface area contributed by atoms with Crippen molar-refractivity contribution in [1.29, 1.82) is 0 Å². The van der Waals surface area contributed by atoms with E-state index in [0.717, 1.165) is 57.8 Å². The average Bonchev–Trinajstić information content (AvgIpc) is 3.17. The van der Waals surface area contributed by atoms with Gasteiger partial charge in [-0.2, -0.15) is 0 Å². The molecule has 0 aromatic heterocycles. The molecule has 3 atom stereocenters. The van der Waals surface area contributed by atoms with E-state index in [0.29, 0.717) is 19.3 Å². The third-order valence-corrected chi connectivity index (χ3v) is 10.0. The Balaban J connectivity index is 4.45. The minimum Gasteiger partial charge on any atom is -0.480 e. The van der Waals surface area contributed by atoms with Crippen molar-refractivity contribution in [1.82, 2.24) is 0 Å². The number of aliphatic carboxylic acids is 1. The van der Waals surface area contributed by atoms with Crippen molar-refractivity contribution in [2.75, 3.05) is 19.8 Å². The van der Waals surface area contributed by atoms with Crippen LogP contribution in [0.2, 0.25) is 0 Å². The largest absolute Gasteiger partial charge is 0.480 e. The van der Waals surface area contributed by atoms with Gasteiger partial charge in [0.15, 0.2) is 6.10 Å². The zero-order valence-electron chi connectivity index (χ0n) is 35.0. The van der Waals surface area contributed by atoms with Crippen LogP contribution in [0, 0.1) is 0 Å². The number of phosphoric acid groups is 1. The number of phosphoric ester groups is 1. The fourth-order valence-electron chi connectivity index (χ4n) is 5.60. The lowest BCUT2D eigenvalue weighted by molar-refractivity contribution is -0.161. The van der Waals surface area contributed by atoms with Gasteiger partial charge in [-0.05, 0) is 70.6 Å². The first kappa shape index (κ1) is 53.4. The normalized spacial score (nSPS) is 14.2. The molecule has 1 unspecified atom stereocenters. The van der Waals surface area contributed by atoms with Crippen LogP contribution in [0.4, 0.5) is 0 Å². The number of unbranched alkanes of at least 4 members (excludes halogenated alkanes) is 18. The van der Waals surface area contributed by atoms with Gasteiger partial charge in [-0.1, -0.05) is 146 Å². The number of rotatable bonds is 40. The van der Waals surface area contributed by atoms with E-state index in [2.05, 4.69) is 60.9 Å². The van der Waals surface area contributed by atoms with Gasteiger partial charge in [0.25, 0.3) is 0 Å². The third kappa shape index (κ3) is 38.3. The van der Waals surface area contributed by atoms with Gasteiger partial charge in [0, 0.05) is 12.8 Å². The molecule has 0 aliphatic heterocycles. The van der Waals surface area contributed by atoms with Gasteiger partial charge < -0.3 is 25.2 Å². The summed E-state index contributed by atoms with van der Waals surface area (Å²) in [5, 5.41) is 8.88. The number of nitrogens with two attached hydrogens (primary N) is 1. The minimum absolute atomic E-state index is 0.135. The number of carboxylic acids is 1. The zero-order chi connectivity index (χ0) is 41.4. The number of carboxylic acid groups (broad SMARTS) is 1. The second-order valence-corrected chi connectivity index (χ2v) is 15.9. The number of allylic oxidation sites excluding steroid dienone is 8. The zero-order valence-corrected chi connectivity index (χ0v) is 35.9. The van der Waals surface area contributed by atoms with E-state index >= 15 is 0 Å². The van der Waals surface area contributed by atoms with Gasteiger partial charge in [-0.15, -0.1) is 0 Å². The van der Waals surface area contributed by atoms with E-state index in [1.165, 1.54) is 77.0 Å². The lowest BCUT2D eigenvalue weighted by Gasteiger charge is -2.20. The number of hydrogen-bond acceptors (Lipinski definition) is 9. The fourth-order valence-corrected chi connectivity index (χ4v) is 6.38. The van der Waals surface area contributed by atoms with Gasteiger partial charge in [-0.25, -0.2) is 4.57 Å². The molecule has 0 spiro atoms. The molecule has 0 aliphatic carbocycles. The molecule has 0 heterocycles. The van der Waals surface area contributed by atoms with Gasteiger partial charge in [-0.3, -0.25) is 23.4 Å². The molecule has 0 amide bonds. The standard InChI is InChI=1S/C44H78NO10P/c1-3-5-7-9-11-13-15-17-19-20-22-23-25-27-29-31-33-35-42(46)52-37-40(38-53-56(50,51)54-39-41(45)44(48)49)55-43(47)36-34-32-30-28-26-24-21-18-16-14-12-10-8-6-4-2/h12,14,18,21-23,27,29,40-41H,3-11,13,15-17,19-20,24-26,28,30-39,45H2,1-2H3,(H,48,49)(H,50,51)/b14-12+,21-18+,23-22+,29-27+/t40-,41+/m1/s1. The number of ether oxygens (including phenoxy) is 2. The van der Waals surface area contributed by atoms with Crippen LogP contribution < -0.4 is 5.73 Å². The first-order valence-corrected chi connectivity index (χ1v) is 23.2. The predicted molar refractivity (Wildman–Crippen MR) is 226 cm³/mol. The Bertz CT molecular complexity index is 1140. The maximum absolute atomic E-state index is 12.6. The minimum atomic E-state index is -4.73. The van der Waals surface area contributed by atoms with E-state index in [-0.39, 0.29) is 19.4 Å². The molecule has 0 aromatic carbocycles. The summed E-state index contributed by atoms with van der Waals surface area (Å²) in [6, 6.07) is -1.53. The van der Waals surface area contributed by atoms with Crippen molar-refractivity contribution in [2.24, 2.45) is 5.73 Å². The molecule has 0 aliphatic rings. The number of hydrogen-bond donors (Lipinski definition) is 3. The summed E-state index contributed by atoms with van der Waals surface area (Å²) in [6.07, 6.45) is 43.3. The first-order valence-electron chi connectivity index (χ1n) is 21.7. The van der Waals surface area contributed by atoms with E-state index in [9.17, 15) is 23.8 Å². The average molecular weight is 812 g/mol. The second-order valence-electron chi connectivity index (χ2n) is 14.5. The van der Waals surface area contributed by atoms with Gasteiger partial charge in [0.2, 0.25) is 0 Å². The van der Waals surface area contributed by atoms with Crippen molar-refractivity contribution < 1.29 is 47.5 Å². The number of esters is 2. The Morgan fingerprint density at radius 1 is 0.554 bits per heavy atom. The summed E-state index contributed by atoms with van der Waals surface area (Å²) < 4.78 is 32.6. The Morgan fingerprint density at radius 3 is 1.48 bits per heavy atom. The molecule has 0 saturated carbocycles. The molecule has 0 rings (SSSR count). The van der Waals surface area contributed by atoms with Crippen LogP contribution in [0.3, 0.4) is 0 Å².